The number of aliphatic hydroxyl groups is 1. The maximum atomic E-state index is 10.9. The average molecular weight is 225 g/mol. The molecule has 0 bridgehead atoms. The first-order valence-electron chi connectivity index (χ1n) is 4.54. The Kier molecular flexibility index (Phi) is 3.96. The van der Waals surface area contributed by atoms with Crippen molar-refractivity contribution in [2.75, 3.05) is 7.11 Å². The number of aliphatic hydroxyl groups excluding tert-OH is 1. The van der Waals surface area contributed by atoms with Crippen LogP contribution in [0, 0.1) is 10.1 Å². The van der Waals surface area contributed by atoms with Gasteiger partial charge in [0.05, 0.1) is 12.0 Å². The Morgan fingerprint density at radius 2 is 2.06 bits per heavy atom. The van der Waals surface area contributed by atoms with Gasteiger partial charge in [-0.2, -0.15) is 0 Å². The van der Waals surface area contributed by atoms with Crippen LogP contribution in [0.15, 0.2) is 24.3 Å². The van der Waals surface area contributed by atoms with Gasteiger partial charge in [-0.1, -0.05) is 12.1 Å². The van der Waals surface area contributed by atoms with Crippen LogP contribution < -0.4 is 0 Å². The van der Waals surface area contributed by atoms with Gasteiger partial charge in [0.1, 0.15) is 0 Å². The second-order valence-corrected chi connectivity index (χ2v) is 3.17. The summed E-state index contributed by atoms with van der Waals surface area (Å²) in [4.78, 5) is 20.8. The number of rotatable bonds is 4. The fraction of sp³-hybridized carbons (Fsp3) is 0.300. The van der Waals surface area contributed by atoms with Crippen molar-refractivity contribution >= 4 is 11.7 Å². The topological polar surface area (TPSA) is 89.7 Å². The van der Waals surface area contributed by atoms with Crippen LogP contribution >= 0.6 is 0 Å². The lowest BCUT2D eigenvalue weighted by molar-refractivity contribution is -0.384. The first-order valence-corrected chi connectivity index (χ1v) is 4.54. The highest BCUT2D eigenvalue weighted by Gasteiger charge is 2.16. The van der Waals surface area contributed by atoms with Crippen molar-refractivity contribution < 1.29 is 19.6 Å². The number of ether oxygens (including phenoxy) is 1. The van der Waals surface area contributed by atoms with Crippen LogP contribution in [-0.4, -0.2) is 29.2 Å². The molecule has 1 N–H and O–H groups in total. The molecule has 0 aliphatic carbocycles. The quantitative estimate of drug-likeness (QED) is 0.462. The number of carbonyl (C=O) groups excluding carboxylic acids is 1. The number of esters is 1. The molecule has 16 heavy (non-hydrogen) atoms. The first-order chi connectivity index (χ1) is 7.54. The predicted molar refractivity (Wildman–Crippen MR) is 54.8 cm³/mol. The molecule has 0 aliphatic rings. The maximum Gasteiger partial charge on any atom is 0.335 e. The van der Waals surface area contributed by atoms with E-state index in [2.05, 4.69) is 4.74 Å². The molecule has 6 heteroatoms. The van der Waals surface area contributed by atoms with Crippen LogP contribution in [0.25, 0.3) is 0 Å². The number of non-ortho nitro benzene ring substituents is 1. The molecule has 1 unspecified atom stereocenters. The lowest BCUT2D eigenvalue weighted by Gasteiger charge is -2.07. The van der Waals surface area contributed by atoms with E-state index < -0.39 is 17.0 Å². The summed E-state index contributed by atoms with van der Waals surface area (Å²) in [6.07, 6.45) is -1.17. The van der Waals surface area contributed by atoms with Crippen molar-refractivity contribution in [3.8, 4) is 0 Å². The second-order valence-electron chi connectivity index (χ2n) is 3.17. The van der Waals surface area contributed by atoms with E-state index in [1.54, 1.807) is 0 Å². The highest BCUT2D eigenvalue weighted by molar-refractivity contribution is 5.74. The predicted octanol–water partition coefficient (Wildman–Crippen LogP) is 0.671. The van der Waals surface area contributed by atoms with E-state index in [0.717, 1.165) is 0 Å². The lowest BCUT2D eigenvalue weighted by atomic mass is 10.1. The minimum absolute atomic E-state index is 0.0312. The molecule has 0 aliphatic heterocycles. The van der Waals surface area contributed by atoms with Crippen molar-refractivity contribution in [3.05, 3.63) is 39.9 Å². The molecule has 1 aromatic rings. The molecule has 0 saturated heterocycles. The molecule has 6 nitrogen and oxygen atoms in total. The maximum absolute atomic E-state index is 10.9. The van der Waals surface area contributed by atoms with E-state index in [1.807, 2.05) is 0 Å². The summed E-state index contributed by atoms with van der Waals surface area (Å²) in [6.45, 7) is 0. The van der Waals surface area contributed by atoms with E-state index in [-0.39, 0.29) is 12.1 Å². The van der Waals surface area contributed by atoms with Gasteiger partial charge in [-0.15, -0.1) is 0 Å². The fourth-order valence-corrected chi connectivity index (χ4v) is 1.20. The van der Waals surface area contributed by atoms with Crippen molar-refractivity contribution in [2.45, 2.75) is 12.5 Å². The van der Waals surface area contributed by atoms with Crippen LogP contribution in [0.1, 0.15) is 5.56 Å². The van der Waals surface area contributed by atoms with E-state index in [0.29, 0.717) is 5.56 Å². The molecule has 0 radical (unpaired) electrons. The molecule has 1 atom stereocenters. The van der Waals surface area contributed by atoms with E-state index >= 15 is 0 Å². The summed E-state index contributed by atoms with van der Waals surface area (Å²) < 4.78 is 4.35. The second kappa shape index (κ2) is 5.22. The van der Waals surface area contributed by atoms with Crippen LogP contribution in [0.5, 0.6) is 0 Å². The third-order valence-electron chi connectivity index (χ3n) is 2.05. The van der Waals surface area contributed by atoms with Gasteiger partial charge in [-0.3, -0.25) is 10.1 Å². The standard InChI is InChI=1S/C10H11NO5/c1-16-10(13)9(12)6-7-2-4-8(5-3-7)11(14)15/h2-5,9,12H,6H2,1H3. The van der Waals surface area contributed by atoms with Gasteiger partial charge < -0.3 is 9.84 Å². The Labute approximate surface area is 91.6 Å². The van der Waals surface area contributed by atoms with Crippen molar-refractivity contribution in [2.24, 2.45) is 0 Å². The lowest BCUT2D eigenvalue weighted by Crippen LogP contribution is -2.24. The number of nitro benzene ring substituents is 1. The highest BCUT2D eigenvalue weighted by atomic mass is 16.6. The molecule has 0 spiro atoms. The van der Waals surface area contributed by atoms with E-state index in [1.165, 1.54) is 31.4 Å². The summed E-state index contributed by atoms with van der Waals surface area (Å²) in [6, 6.07) is 5.62. The Morgan fingerprint density at radius 3 is 2.50 bits per heavy atom. The molecular formula is C10H11NO5. The number of hydrogen-bond acceptors (Lipinski definition) is 5. The van der Waals surface area contributed by atoms with Crippen molar-refractivity contribution in [3.63, 3.8) is 0 Å². The molecule has 1 aromatic carbocycles. The zero-order chi connectivity index (χ0) is 12.1. The van der Waals surface area contributed by atoms with Crippen LogP contribution in [0.3, 0.4) is 0 Å². The van der Waals surface area contributed by atoms with Crippen LogP contribution in [0.2, 0.25) is 0 Å². The number of carbonyl (C=O) groups is 1. The molecule has 0 aromatic heterocycles. The Bertz CT molecular complexity index is 387. The number of methoxy groups -OCH3 is 1. The molecular weight excluding hydrogens is 214 g/mol. The zero-order valence-electron chi connectivity index (χ0n) is 8.62. The fourth-order valence-electron chi connectivity index (χ4n) is 1.20. The monoisotopic (exact) mass is 225 g/mol. The van der Waals surface area contributed by atoms with Gasteiger partial charge in [0, 0.05) is 18.6 Å². The zero-order valence-corrected chi connectivity index (χ0v) is 8.62. The summed E-state index contributed by atoms with van der Waals surface area (Å²) >= 11 is 0. The smallest absolute Gasteiger partial charge is 0.335 e. The average Bonchev–Trinajstić information content (AvgIpc) is 2.28. The van der Waals surface area contributed by atoms with E-state index in [4.69, 9.17) is 0 Å². The van der Waals surface area contributed by atoms with Gasteiger partial charge in [0.15, 0.2) is 6.10 Å². The normalized spacial score (nSPS) is 11.9. The number of nitrogens with zero attached hydrogens (tertiary/aromatic N) is 1. The number of benzene rings is 1. The van der Waals surface area contributed by atoms with Gasteiger partial charge >= 0.3 is 5.97 Å². The summed E-state index contributed by atoms with van der Waals surface area (Å²) in [5.41, 5.74) is 0.597. The number of hydrogen-bond donors (Lipinski definition) is 1. The third kappa shape index (κ3) is 3.03. The molecule has 0 heterocycles. The molecule has 1 rings (SSSR count). The summed E-state index contributed by atoms with van der Waals surface area (Å²) in [7, 11) is 1.18. The summed E-state index contributed by atoms with van der Waals surface area (Å²) in [5, 5.41) is 19.7. The van der Waals surface area contributed by atoms with Gasteiger partial charge in [0.2, 0.25) is 0 Å². The van der Waals surface area contributed by atoms with Crippen molar-refractivity contribution in [1.29, 1.82) is 0 Å². The van der Waals surface area contributed by atoms with Gasteiger partial charge in [-0.05, 0) is 5.56 Å². The van der Waals surface area contributed by atoms with Crippen LogP contribution in [-0.2, 0) is 16.0 Å². The first kappa shape index (κ1) is 12.1. The molecule has 86 valence electrons. The minimum atomic E-state index is -1.24. The van der Waals surface area contributed by atoms with E-state index in [9.17, 15) is 20.0 Å². The molecule has 0 fully saturated rings. The Balaban J connectivity index is 2.68. The minimum Gasteiger partial charge on any atom is -0.467 e. The third-order valence-corrected chi connectivity index (χ3v) is 2.05. The highest BCUT2D eigenvalue weighted by Crippen LogP contribution is 2.13. The Morgan fingerprint density at radius 1 is 1.50 bits per heavy atom. The van der Waals surface area contributed by atoms with Crippen LogP contribution in [0.4, 0.5) is 5.69 Å². The largest absolute Gasteiger partial charge is 0.467 e. The van der Waals surface area contributed by atoms with Gasteiger partial charge in [0.25, 0.3) is 5.69 Å². The molecule has 0 saturated carbocycles. The van der Waals surface area contributed by atoms with Crippen molar-refractivity contribution in [1.82, 2.24) is 0 Å². The SMILES string of the molecule is COC(=O)C(O)Cc1ccc([N+](=O)[O-])cc1. The molecule has 0 amide bonds. The van der Waals surface area contributed by atoms with Gasteiger partial charge in [-0.25, -0.2) is 4.79 Å². The Hall–Kier alpha value is -1.95. The summed E-state index contributed by atoms with van der Waals surface area (Å²) in [5.74, 6) is -0.724. The number of nitro groups is 1.